The zero-order chi connectivity index (χ0) is 15.7. The highest BCUT2D eigenvalue weighted by atomic mass is 32.2. The summed E-state index contributed by atoms with van der Waals surface area (Å²) in [4.78, 5) is 6.53. The molecule has 0 aliphatic carbocycles. The van der Waals surface area contributed by atoms with Gasteiger partial charge in [0.25, 0.3) is 0 Å². The molecular weight excluding hydrogens is 304 g/mol. The molecule has 1 saturated heterocycles. The number of likely N-dealkylation sites (N-methyl/N-ethyl adjacent to an activating group) is 1. The molecule has 0 saturated carbocycles. The summed E-state index contributed by atoms with van der Waals surface area (Å²) in [5.41, 5.74) is 0. The van der Waals surface area contributed by atoms with Crippen LogP contribution in [0.25, 0.3) is 0 Å². The van der Waals surface area contributed by atoms with E-state index in [2.05, 4.69) is 14.9 Å². The third kappa shape index (κ3) is 3.03. The van der Waals surface area contributed by atoms with Crippen LogP contribution in [-0.4, -0.2) is 43.1 Å². The Kier molecular flexibility index (Phi) is 3.98. The van der Waals surface area contributed by atoms with E-state index < -0.39 is 10.0 Å². The van der Waals surface area contributed by atoms with Crippen LogP contribution in [0, 0.1) is 6.92 Å². The van der Waals surface area contributed by atoms with Gasteiger partial charge >= 0.3 is 0 Å². The molecule has 3 rings (SSSR count). The molecular formula is C14H18N4O3S. The molecule has 0 amide bonds. The van der Waals surface area contributed by atoms with E-state index in [9.17, 15) is 8.42 Å². The largest absolute Gasteiger partial charge is 0.338 e. The number of sulfonamides is 1. The zero-order valence-electron chi connectivity index (χ0n) is 12.4. The van der Waals surface area contributed by atoms with Gasteiger partial charge in [-0.05, 0) is 32.5 Å². The first-order chi connectivity index (χ1) is 10.5. The van der Waals surface area contributed by atoms with E-state index in [0.717, 1.165) is 0 Å². The molecule has 1 aromatic heterocycles. The van der Waals surface area contributed by atoms with Crippen molar-refractivity contribution in [2.45, 2.75) is 30.3 Å². The number of hydrogen-bond donors (Lipinski definition) is 1. The van der Waals surface area contributed by atoms with Gasteiger partial charge in [-0.2, -0.15) is 4.98 Å². The highest BCUT2D eigenvalue weighted by Gasteiger charge is 2.36. The molecule has 118 valence electrons. The van der Waals surface area contributed by atoms with E-state index in [1.54, 1.807) is 37.3 Å². The van der Waals surface area contributed by atoms with E-state index in [-0.39, 0.29) is 17.0 Å². The van der Waals surface area contributed by atoms with Crippen molar-refractivity contribution in [3.05, 3.63) is 42.0 Å². The number of hydrogen-bond acceptors (Lipinski definition) is 6. The summed E-state index contributed by atoms with van der Waals surface area (Å²) in [5, 5.41) is 3.79. The van der Waals surface area contributed by atoms with E-state index >= 15 is 0 Å². The fraction of sp³-hybridized carbons (Fsp3) is 0.429. The Morgan fingerprint density at radius 3 is 2.68 bits per heavy atom. The minimum Gasteiger partial charge on any atom is -0.338 e. The van der Waals surface area contributed by atoms with Crippen LogP contribution < -0.4 is 4.72 Å². The minimum atomic E-state index is -3.51. The topological polar surface area (TPSA) is 88.3 Å². The van der Waals surface area contributed by atoms with Gasteiger partial charge in [0.05, 0.1) is 10.9 Å². The molecule has 1 fully saturated rings. The van der Waals surface area contributed by atoms with Crippen LogP contribution in [0.3, 0.4) is 0 Å². The molecule has 7 nitrogen and oxygen atoms in total. The molecule has 1 aromatic carbocycles. The molecule has 0 bridgehead atoms. The second-order valence-corrected chi connectivity index (χ2v) is 7.22. The molecule has 2 atom stereocenters. The summed E-state index contributed by atoms with van der Waals surface area (Å²) >= 11 is 0. The Morgan fingerprint density at radius 1 is 1.32 bits per heavy atom. The highest BCUT2D eigenvalue weighted by Crippen LogP contribution is 2.30. The quantitative estimate of drug-likeness (QED) is 0.907. The summed E-state index contributed by atoms with van der Waals surface area (Å²) in [7, 11) is -1.59. The third-order valence-electron chi connectivity index (χ3n) is 3.75. The summed E-state index contributed by atoms with van der Waals surface area (Å²) in [6.45, 7) is 2.36. The first kappa shape index (κ1) is 15.1. The van der Waals surface area contributed by atoms with Crippen molar-refractivity contribution in [2.24, 2.45) is 0 Å². The Bertz CT molecular complexity index is 744. The van der Waals surface area contributed by atoms with Crippen LogP contribution in [0.4, 0.5) is 0 Å². The van der Waals surface area contributed by atoms with Crippen LogP contribution in [0.15, 0.2) is 39.8 Å². The smallest absolute Gasteiger partial charge is 0.244 e. The number of nitrogens with one attached hydrogen (secondary N) is 1. The predicted molar refractivity (Wildman–Crippen MR) is 79.6 cm³/mol. The first-order valence-electron chi connectivity index (χ1n) is 7.03. The molecule has 8 heteroatoms. The number of aryl methyl sites for hydroxylation is 1. The Morgan fingerprint density at radius 2 is 2.05 bits per heavy atom. The van der Waals surface area contributed by atoms with Crippen molar-refractivity contribution in [3.8, 4) is 0 Å². The number of rotatable bonds is 4. The fourth-order valence-corrected chi connectivity index (χ4v) is 3.97. The van der Waals surface area contributed by atoms with Gasteiger partial charge in [-0.1, -0.05) is 23.4 Å². The SMILES string of the molecule is Cc1noc([C@@H]2C[C@H](NS(=O)(=O)c3ccccc3)CN2C)n1. The van der Waals surface area contributed by atoms with Gasteiger partial charge in [0, 0.05) is 12.6 Å². The van der Waals surface area contributed by atoms with Gasteiger partial charge in [0.2, 0.25) is 15.9 Å². The zero-order valence-corrected chi connectivity index (χ0v) is 13.2. The second kappa shape index (κ2) is 5.79. The monoisotopic (exact) mass is 322 g/mol. The molecule has 2 heterocycles. The van der Waals surface area contributed by atoms with E-state index in [1.165, 1.54) is 0 Å². The predicted octanol–water partition coefficient (Wildman–Crippen LogP) is 1.10. The van der Waals surface area contributed by atoms with E-state index in [1.807, 2.05) is 11.9 Å². The van der Waals surface area contributed by atoms with Gasteiger partial charge in [-0.25, -0.2) is 13.1 Å². The molecule has 1 aliphatic heterocycles. The number of aromatic nitrogens is 2. The van der Waals surface area contributed by atoms with Gasteiger partial charge in [0.15, 0.2) is 5.82 Å². The van der Waals surface area contributed by atoms with Crippen molar-refractivity contribution < 1.29 is 12.9 Å². The van der Waals surface area contributed by atoms with Crippen LogP contribution in [0.1, 0.15) is 24.2 Å². The molecule has 0 unspecified atom stereocenters. The maximum absolute atomic E-state index is 12.4. The minimum absolute atomic E-state index is 0.0651. The lowest BCUT2D eigenvalue weighted by Gasteiger charge is -2.14. The summed E-state index contributed by atoms with van der Waals surface area (Å²) in [6, 6.07) is 8.12. The average molecular weight is 322 g/mol. The lowest BCUT2D eigenvalue weighted by molar-refractivity contribution is 0.244. The number of benzene rings is 1. The highest BCUT2D eigenvalue weighted by molar-refractivity contribution is 7.89. The molecule has 1 N–H and O–H groups in total. The molecule has 0 radical (unpaired) electrons. The number of likely N-dealkylation sites (tertiary alicyclic amines) is 1. The van der Waals surface area contributed by atoms with Gasteiger partial charge < -0.3 is 4.52 Å². The maximum atomic E-state index is 12.4. The Balaban J connectivity index is 1.73. The van der Waals surface area contributed by atoms with E-state index in [4.69, 9.17) is 4.52 Å². The summed E-state index contributed by atoms with van der Waals surface area (Å²) < 4.78 is 32.7. The van der Waals surface area contributed by atoms with Gasteiger partial charge in [-0.15, -0.1) is 0 Å². The Labute approximate surface area is 129 Å². The third-order valence-corrected chi connectivity index (χ3v) is 5.29. The summed E-state index contributed by atoms with van der Waals surface area (Å²) in [5.74, 6) is 1.11. The van der Waals surface area contributed by atoms with Crippen molar-refractivity contribution in [2.75, 3.05) is 13.6 Å². The van der Waals surface area contributed by atoms with Crippen molar-refractivity contribution in [1.29, 1.82) is 0 Å². The van der Waals surface area contributed by atoms with Gasteiger partial charge in [0.1, 0.15) is 0 Å². The van der Waals surface area contributed by atoms with Crippen molar-refractivity contribution >= 4 is 10.0 Å². The standard InChI is InChI=1S/C14H18N4O3S/c1-10-15-14(21-16-10)13-8-11(9-18(13)2)17-22(19,20)12-6-4-3-5-7-12/h3-7,11,13,17H,8-9H2,1-2H3/t11-,13-/m0/s1. The lowest BCUT2D eigenvalue weighted by Crippen LogP contribution is -2.36. The number of nitrogens with zero attached hydrogens (tertiary/aromatic N) is 3. The first-order valence-corrected chi connectivity index (χ1v) is 8.52. The van der Waals surface area contributed by atoms with Gasteiger partial charge in [-0.3, -0.25) is 4.90 Å². The molecule has 1 aliphatic rings. The van der Waals surface area contributed by atoms with Crippen LogP contribution in [-0.2, 0) is 10.0 Å². The van der Waals surface area contributed by atoms with Crippen molar-refractivity contribution in [1.82, 2.24) is 19.8 Å². The fourth-order valence-electron chi connectivity index (χ4n) is 2.71. The molecule has 2 aromatic rings. The van der Waals surface area contributed by atoms with E-state index in [0.29, 0.717) is 24.7 Å². The normalized spacial score (nSPS) is 23.0. The molecule has 22 heavy (non-hydrogen) atoms. The van der Waals surface area contributed by atoms with Crippen molar-refractivity contribution in [3.63, 3.8) is 0 Å². The Hall–Kier alpha value is -1.77. The van der Waals surface area contributed by atoms with Crippen LogP contribution in [0.2, 0.25) is 0 Å². The lowest BCUT2D eigenvalue weighted by atomic mass is 10.2. The van der Waals surface area contributed by atoms with Crippen LogP contribution in [0.5, 0.6) is 0 Å². The second-order valence-electron chi connectivity index (χ2n) is 5.50. The molecule has 0 spiro atoms. The van der Waals surface area contributed by atoms with Crippen LogP contribution >= 0.6 is 0 Å². The average Bonchev–Trinajstić information content (AvgIpc) is 3.05. The summed E-state index contributed by atoms with van der Waals surface area (Å²) in [6.07, 6.45) is 0.601. The maximum Gasteiger partial charge on any atom is 0.244 e.